The average molecular weight is 520 g/mol. The van der Waals surface area contributed by atoms with Gasteiger partial charge in [0.05, 0.1) is 21.3 Å². The van der Waals surface area contributed by atoms with Crippen LogP contribution in [0.4, 0.5) is 0 Å². The van der Waals surface area contributed by atoms with E-state index in [0.717, 1.165) is 29.5 Å². The van der Waals surface area contributed by atoms with Crippen LogP contribution in [0.5, 0.6) is 17.2 Å². The van der Waals surface area contributed by atoms with Gasteiger partial charge in [0.15, 0.2) is 17.5 Å². The van der Waals surface area contributed by atoms with Crippen LogP contribution in [0, 0.1) is 0 Å². The van der Waals surface area contributed by atoms with E-state index in [1.807, 2.05) is 36.4 Å². The van der Waals surface area contributed by atoms with Gasteiger partial charge in [0.1, 0.15) is 0 Å². The molecule has 0 unspecified atom stereocenters. The van der Waals surface area contributed by atoms with Crippen molar-refractivity contribution in [3.63, 3.8) is 0 Å². The van der Waals surface area contributed by atoms with Gasteiger partial charge in [0.2, 0.25) is 5.75 Å². The molecule has 0 saturated carbocycles. The molecule has 2 aromatic carbocycles. The number of hydrogen-bond donors (Lipinski definition) is 2. The molecule has 2 rings (SSSR count). The van der Waals surface area contributed by atoms with Crippen molar-refractivity contribution >= 4 is 41.5 Å². The molecule has 0 aromatic heterocycles. The molecule has 0 aliphatic heterocycles. The minimum absolute atomic E-state index is 0. The van der Waals surface area contributed by atoms with Gasteiger partial charge in [-0.05, 0) is 41.8 Å². The number of ether oxygens (including phenoxy) is 3. The monoisotopic (exact) mass is 519 g/mol. The molecule has 0 atom stereocenters. The normalized spacial score (nSPS) is 10.7. The molecule has 0 fully saturated rings. The zero-order valence-corrected chi connectivity index (χ0v) is 19.6. The van der Waals surface area contributed by atoms with Crippen LogP contribution in [-0.2, 0) is 13.0 Å². The highest BCUT2D eigenvalue weighted by Crippen LogP contribution is 2.38. The molecule has 0 aliphatic carbocycles. The first kappa shape index (κ1) is 24.2. The second-order valence-electron chi connectivity index (χ2n) is 5.76. The van der Waals surface area contributed by atoms with Crippen LogP contribution in [0.3, 0.4) is 0 Å². The molecule has 2 aromatic rings. The lowest BCUT2D eigenvalue weighted by Gasteiger charge is -2.16. The van der Waals surface area contributed by atoms with Crippen molar-refractivity contribution in [2.24, 2.45) is 4.99 Å². The van der Waals surface area contributed by atoms with Gasteiger partial charge in [-0.25, -0.2) is 0 Å². The first-order valence-electron chi connectivity index (χ1n) is 8.59. The van der Waals surface area contributed by atoms with E-state index in [2.05, 4.69) is 15.6 Å². The lowest BCUT2D eigenvalue weighted by Crippen LogP contribution is -2.37. The third kappa shape index (κ3) is 6.94. The van der Waals surface area contributed by atoms with Crippen molar-refractivity contribution in [1.82, 2.24) is 10.6 Å². The van der Waals surface area contributed by atoms with Crippen molar-refractivity contribution in [3.8, 4) is 17.2 Å². The molecule has 2 N–H and O–H groups in total. The van der Waals surface area contributed by atoms with E-state index in [1.165, 1.54) is 5.56 Å². The predicted octanol–water partition coefficient (Wildman–Crippen LogP) is 3.89. The summed E-state index contributed by atoms with van der Waals surface area (Å²) in [6.45, 7) is 1.33. The predicted molar refractivity (Wildman–Crippen MR) is 125 cm³/mol. The molecule has 6 nitrogen and oxygen atoms in total. The van der Waals surface area contributed by atoms with E-state index in [9.17, 15) is 0 Å². The summed E-state index contributed by atoms with van der Waals surface area (Å²) in [4.78, 5) is 4.25. The number of methoxy groups -OCH3 is 3. The maximum atomic E-state index is 5.91. The molecule has 28 heavy (non-hydrogen) atoms. The van der Waals surface area contributed by atoms with Crippen LogP contribution < -0.4 is 24.8 Å². The van der Waals surface area contributed by atoms with E-state index in [-0.39, 0.29) is 24.0 Å². The van der Waals surface area contributed by atoms with Gasteiger partial charge in [0.25, 0.3) is 0 Å². The molecule has 0 spiro atoms. The number of benzene rings is 2. The molecule has 8 heteroatoms. The third-order valence-electron chi connectivity index (χ3n) is 4.03. The van der Waals surface area contributed by atoms with Gasteiger partial charge in [0, 0.05) is 25.2 Å². The smallest absolute Gasteiger partial charge is 0.203 e. The van der Waals surface area contributed by atoms with Gasteiger partial charge in [-0.2, -0.15) is 0 Å². The molecule has 0 amide bonds. The summed E-state index contributed by atoms with van der Waals surface area (Å²) in [7, 11) is 6.54. The van der Waals surface area contributed by atoms with Crippen LogP contribution in [0.25, 0.3) is 0 Å². The van der Waals surface area contributed by atoms with Gasteiger partial charge in [-0.1, -0.05) is 23.7 Å². The van der Waals surface area contributed by atoms with Crippen molar-refractivity contribution in [1.29, 1.82) is 0 Å². The fourth-order valence-corrected chi connectivity index (χ4v) is 2.75. The van der Waals surface area contributed by atoms with Crippen LogP contribution >= 0.6 is 35.6 Å². The summed E-state index contributed by atoms with van der Waals surface area (Å²) in [5, 5.41) is 7.33. The second kappa shape index (κ2) is 12.6. The summed E-state index contributed by atoms with van der Waals surface area (Å²) in [6, 6.07) is 11.7. The zero-order chi connectivity index (χ0) is 19.6. The van der Waals surface area contributed by atoms with Crippen molar-refractivity contribution in [2.45, 2.75) is 13.0 Å². The number of nitrogens with one attached hydrogen (secondary N) is 2. The summed E-state index contributed by atoms with van der Waals surface area (Å²) >= 11 is 5.91. The van der Waals surface area contributed by atoms with E-state index < -0.39 is 0 Å². The number of aliphatic imine (C=N–C) groups is 1. The average Bonchev–Trinajstić information content (AvgIpc) is 2.70. The molecular weight excluding hydrogens is 493 g/mol. The molecule has 0 bridgehead atoms. The largest absolute Gasteiger partial charge is 0.493 e. The number of rotatable bonds is 8. The molecule has 0 saturated heterocycles. The van der Waals surface area contributed by atoms with Crippen molar-refractivity contribution in [2.75, 3.05) is 34.9 Å². The number of nitrogens with zero attached hydrogens (tertiary/aromatic N) is 1. The van der Waals surface area contributed by atoms with Gasteiger partial charge >= 0.3 is 0 Å². The lowest BCUT2D eigenvalue weighted by atomic mass is 10.1. The fourth-order valence-electron chi connectivity index (χ4n) is 2.62. The summed E-state index contributed by atoms with van der Waals surface area (Å²) in [5.74, 6) is 2.55. The Morgan fingerprint density at radius 1 is 0.929 bits per heavy atom. The highest BCUT2D eigenvalue weighted by atomic mass is 127. The fraction of sp³-hybridized carbons (Fsp3) is 0.350. The van der Waals surface area contributed by atoms with Gasteiger partial charge < -0.3 is 24.8 Å². The minimum atomic E-state index is 0. The maximum absolute atomic E-state index is 5.91. The molecule has 0 aliphatic rings. The number of hydrogen-bond acceptors (Lipinski definition) is 4. The van der Waals surface area contributed by atoms with Gasteiger partial charge in [-0.3, -0.25) is 4.99 Å². The molecule has 0 radical (unpaired) electrons. The summed E-state index contributed by atoms with van der Waals surface area (Å²) in [6.07, 6.45) is 0.877. The molecular formula is C20H27ClIN3O3. The van der Waals surface area contributed by atoms with Crippen LogP contribution in [-0.4, -0.2) is 40.9 Å². The number of halogens is 2. The Morgan fingerprint density at radius 2 is 1.54 bits per heavy atom. The third-order valence-corrected chi connectivity index (χ3v) is 4.28. The van der Waals surface area contributed by atoms with E-state index in [4.69, 9.17) is 25.8 Å². The maximum Gasteiger partial charge on any atom is 0.203 e. The summed E-state index contributed by atoms with van der Waals surface area (Å²) in [5.41, 5.74) is 2.21. The number of guanidine groups is 1. The van der Waals surface area contributed by atoms with Crippen molar-refractivity contribution < 1.29 is 14.2 Å². The highest BCUT2D eigenvalue weighted by molar-refractivity contribution is 14.0. The Hall–Kier alpha value is -1.87. The van der Waals surface area contributed by atoms with E-state index >= 15 is 0 Å². The van der Waals surface area contributed by atoms with Crippen LogP contribution in [0.2, 0.25) is 5.02 Å². The first-order valence-corrected chi connectivity index (χ1v) is 8.97. The highest BCUT2D eigenvalue weighted by Gasteiger charge is 2.13. The molecule has 154 valence electrons. The second-order valence-corrected chi connectivity index (χ2v) is 6.20. The van der Waals surface area contributed by atoms with Gasteiger partial charge in [-0.15, -0.1) is 24.0 Å². The molecule has 0 heterocycles. The minimum Gasteiger partial charge on any atom is -0.493 e. The Labute approximate surface area is 188 Å². The van der Waals surface area contributed by atoms with Crippen LogP contribution in [0.1, 0.15) is 11.1 Å². The Bertz CT molecular complexity index is 745. The summed E-state index contributed by atoms with van der Waals surface area (Å²) < 4.78 is 16.1. The van der Waals surface area contributed by atoms with E-state index in [1.54, 1.807) is 28.4 Å². The van der Waals surface area contributed by atoms with Crippen LogP contribution in [0.15, 0.2) is 41.4 Å². The zero-order valence-electron chi connectivity index (χ0n) is 16.5. The topological polar surface area (TPSA) is 64.1 Å². The lowest BCUT2D eigenvalue weighted by molar-refractivity contribution is 0.323. The first-order chi connectivity index (χ1) is 13.1. The van der Waals surface area contributed by atoms with Crippen molar-refractivity contribution in [3.05, 3.63) is 52.5 Å². The Morgan fingerprint density at radius 3 is 2.04 bits per heavy atom. The quantitative estimate of drug-likeness (QED) is 0.315. The van der Waals surface area contributed by atoms with E-state index in [0.29, 0.717) is 23.8 Å². The Balaban J connectivity index is 0.00000392. The standard InChI is InChI=1S/C20H26ClN3O3.HI/c1-22-20(23-10-9-14-5-7-16(21)8-6-14)24-13-15-11-17(25-2)19(27-4)18(12-15)26-3;/h5-8,11-12H,9-10,13H2,1-4H3,(H2,22,23,24);1H. The SMILES string of the molecule is CN=C(NCCc1ccc(Cl)cc1)NCc1cc(OC)c(OC)c(OC)c1.I. The Kier molecular flexibility index (Phi) is 10.8.